The molecule has 0 spiro atoms. The third-order valence-corrected chi connectivity index (χ3v) is 3.37. The summed E-state index contributed by atoms with van der Waals surface area (Å²) in [6.07, 6.45) is 11.7. The number of rotatable bonds is 2. The van der Waals surface area contributed by atoms with Crippen molar-refractivity contribution in [1.82, 2.24) is 4.90 Å². The Morgan fingerprint density at radius 3 is 2.42 bits per heavy atom. The van der Waals surface area contributed by atoms with E-state index < -0.39 is 0 Å². The Labute approximate surface area is 114 Å². The lowest BCUT2D eigenvalue weighted by atomic mass is 9.94. The molecule has 1 unspecified atom stereocenters. The third-order valence-electron chi connectivity index (χ3n) is 3.37. The van der Waals surface area contributed by atoms with E-state index in [1.807, 2.05) is 19.1 Å². The lowest BCUT2D eigenvalue weighted by Crippen LogP contribution is -2.29. The second-order valence-electron chi connectivity index (χ2n) is 5.30. The molecule has 0 aromatic rings. The number of hydrogen-bond acceptors (Lipinski definition) is 2. The van der Waals surface area contributed by atoms with E-state index in [1.54, 1.807) is 0 Å². The molecular weight excluding hydrogens is 238 g/mol. The Balaban J connectivity index is 2.42. The van der Waals surface area contributed by atoms with Crippen LogP contribution in [0.25, 0.3) is 0 Å². The molecule has 1 atom stereocenters. The fraction of sp³-hybridized carbons (Fsp3) is 0.375. The van der Waals surface area contributed by atoms with Gasteiger partial charge in [0, 0.05) is 17.8 Å². The van der Waals surface area contributed by atoms with Crippen LogP contribution in [0.15, 0.2) is 47.7 Å². The van der Waals surface area contributed by atoms with Crippen LogP contribution in [-0.4, -0.2) is 16.7 Å². The highest BCUT2D eigenvalue weighted by molar-refractivity contribution is 6.14. The number of allylic oxidation sites excluding steroid dienone is 5. The van der Waals surface area contributed by atoms with E-state index in [9.17, 15) is 9.59 Å². The molecule has 0 saturated carbocycles. The predicted molar refractivity (Wildman–Crippen MR) is 74.9 cm³/mol. The Hall–Kier alpha value is -1.90. The zero-order chi connectivity index (χ0) is 14.0. The summed E-state index contributed by atoms with van der Waals surface area (Å²) < 4.78 is 0. The van der Waals surface area contributed by atoms with E-state index in [-0.39, 0.29) is 17.7 Å². The molecule has 3 heteroatoms. The van der Waals surface area contributed by atoms with E-state index in [4.69, 9.17) is 0 Å². The molecule has 0 radical (unpaired) electrons. The van der Waals surface area contributed by atoms with Crippen molar-refractivity contribution < 1.29 is 9.59 Å². The first-order valence-electron chi connectivity index (χ1n) is 6.64. The molecule has 0 N–H and O–H groups in total. The summed E-state index contributed by atoms with van der Waals surface area (Å²) in [6.45, 7) is 6.28. The lowest BCUT2D eigenvalue weighted by molar-refractivity contribution is -0.134. The second-order valence-corrected chi connectivity index (χ2v) is 5.30. The minimum atomic E-state index is -0.257. The number of carbonyl (C=O) groups is 2. The van der Waals surface area contributed by atoms with Crippen molar-refractivity contribution in [2.24, 2.45) is 11.8 Å². The topological polar surface area (TPSA) is 37.4 Å². The normalized spacial score (nSPS) is 28.0. The molecule has 1 aliphatic carbocycles. The first-order chi connectivity index (χ1) is 8.99. The Bertz CT molecular complexity index is 503. The quantitative estimate of drug-likeness (QED) is 0.563. The molecule has 0 aromatic carbocycles. The van der Waals surface area contributed by atoms with Gasteiger partial charge in [-0.3, -0.25) is 9.59 Å². The van der Waals surface area contributed by atoms with E-state index in [0.29, 0.717) is 11.6 Å². The molecule has 2 aliphatic rings. The fourth-order valence-electron chi connectivity index (χ4n) is 2.24. The van der Waals surface area contributed by atoms with E-state index in [1.165, 1.54) is 22.6 Å². The standard InChI is InChI=1S/C16H19NO2/c1-11(2)13-6-4-5-12(3)9-14(10-13)17-15(18)7-8-16(17)19/h4-5,7-12H,6H2,1-3H3/b5-4-,13-10+,14-9?. The Morgan fingerprint density at radius 1 is 1.21 bits per heavy atom. The van der Waals surface area contributed by atoms with Crippen molar-refractivity contribution >= 4 is 11.8 Å². The number of imide groups is 1. The number of amides is 2. The van der Waals surface area contributed by atoms with Gasteiger partial charge in [-0.15, -0.1) is 0 Å². The van der Waals surface area contributed by atoms with Gasteiger partial charge >= 0.3 is 0 Å². The monoisotopic (exact) mass is 257 g/mol. The van der Waals surface area contributed by atoms with Gasteiger partial charge in [0.25, 0.3) is 11.8 Å². The van der Waals surface area contributed by atoms with Crippen LogP contribution in [0, 0.1) is 11.8 Å². The zero-order valence-corrected chi connectivity index (χ0v) is 11.6. The minimum Gasteiger partial charge on any atom is -0.269 e. The first kappa shape index (κ1) is 13.5. The SMILES string of the molecule is CC1C=C(N2C(=O)C=CC2=O)/C=C(/C(C)C)C/C=C\1. The molecule has 0 fully saturated rings. The Morgan fingerprint density at radius 2 is 1.84 bits per heavy atom. The summed E-state index contributed by atoms with van der Waals surface area (Å²) in [5.41, 5.74) is 1.92. The minimum absolute atomic E-state index is 0.209. The van der Waals surface area contributed by atoms with Gasteiger partial charge < -0.3 is 0 Å². The summed E-state index contributed by atoms with van der Waals surface area (Å²) in [5, 5.41) is 0. The van der Waals surface area contributed by atoms with Crippen molar-refractivity contribution in [3.8, 4) is 0 Å². The van der Waals surface area contributed by atoms with Crippen LogP contribution in [0.5, 0.6) is 0 Å². The molecule has 1 heterocycles. The summed E-state index contributed by atoms with van der Waals surface area (Å²) in [5.74, 6) is 0.0862. The van der Waals surface area contributed by atoms with Gasteiger partial charge in [-0.1, -0.05) is 44.6 Å². The Kier molecular flexibility index (Phi) is 3.84. The molecule has 1 aliphatic heterocycles. The molecule has 100 valence electrons. The van der Waals surface area contributed by atoms with Gasteiger partial charge in [-0.05, 0) is 24.3 Å². The summed E-state index contributed by atoms with van der Waals surface area (Å²) in [6, 6.07) is 0. The van der Waals surface area contributed by atoms with Crippen molar-refractivity contribution in [2.45, 2.75) is 27.2 Å². The summed E-state index contributed by atoms with van der Waals surface area (Å²) in [4.78, 5) is 24.8. The number of hydrogen-bond donors (Lipinski definition) is 0. The molecule has 0 aromatic heterocycles. The van der Waals surface area contributed by atoms with Gasteiger partial charge in [0.05, 0.1) is 0 Å². The van der Waals surface area contributed by atoms with Crippen LogP contribution in [0.3, 0.4) is 0 Å². The van der Waals surface area contributed by atoms with Gasteiger partial charge in [0.15, 0.2) is 0 Å². The average molecular weight is 257 g/mol. The van der Waals surface area contributed by atoms with E-state index in [0.717, 1.165) is 6.42 Å². The maximum Gasteiger partial charge on any atom is 0.258 e. The highest BCUT2D eigenvalue weighted by atomic mass is 16.2. The van der Waals surface area contributed by atoms with Gasteiger partial charge in [0.2, 0.25) is 0 Å². The van der Waals surface area contributed by atoms with Crippen molar-refractivity contribution in [3.05, 3.63) is 47.7 Å². The average Bonchev–Trinajstić information content (AvgIpc) is 2.63. The molecule has 3 nitrogen and oxygen atoms in total. The molecule has 0 saturated heterocycles. The van der Waals surface area contributed by atoms with Crippen LogP contribution < -0.4 is 0 Å². The van der Waals surface area contributed by atoms with Crippen molar-refractivity contribution in [2.75, 3.05) is 0 Å². The van der Waals surface area contributed by atoms with Crippen LogP contribution in [-0.2, 0) is 9.59 Å². The summed E-state index contributed by atoms with van der Waals surface area (Å²) in [7, 11) is 0. The largest absolute Gasteiger partial charge is 0.269 e. The van der Waals surface area contributed by atoms with Crippen molar-refractivity contribution in [3.63, 3.8) is 0 Å². The van der Waals surface area contributed by atoms with Crippen LogP contribution in [0.4, 0.5) is 0 Å². The van der Waals surface area contributed by atoms with Gasteiger partial charge in [-0.25, -0.2) is 4.90 Å². The van der Waals surface area contributed by atoms with E-state index >= 15 is 0 Å². The number of nitrogens with zero attached hydrogens (tertiary/aromatic N) is 1. The predicted octanol–water partition coefficient (Wildman–Crippen LogP) is 2.97. The number of carbonyl (C=O) groups excluding carboxylic acids is 2. The van der Waals surface area contributed by atoms with Crippen LogP contribution >= 0.6 is 0 Å². The summed E-state index contributed by atoms with van der Waals surface area (Å²) >= 11 is 0. The lowest BCUT2D eigenvalue weighted by Gasteiger charge is -2.20. The molecule has 2 amide bonds. The maximum absolute atomic E-state index is 11.8. The molecular formula is C16H19NO2. The zero-order valence-electron chi connectivity index (χ0n) is 11.6. The smallest absolute Gasteiger partial charge is 0.258 e. The molecule has 2 rings (SSSR count). The first-order valence-corrected chi connectivity index (χ1v) is 6.64. The molecule has 19 heavy (non-hydrogen) atoms. The van der Waals surface area contributed by atoms with Crippen LogP contribution in [0.2, 0.25) is 0 Å². The van der Waals surface area contributed by atoms with Crippen LogP contribution in [0.1, 0.15) is 27.2 Å². The fourth-order valence-corrected chi connectivity index (χ4v) is 2.24. The third kappa shape index (κ3) is 2.92. The van der Waals surface area contributed by atoms with E-state index in [2.05, 4.69) is 26.0 Å². The highest BCUT2D eigenvalue weighted by Gasteiger charge is 2.26. The second kappa shape index (κ2) is 5.39. The van der Waals surface area contributed by atoms with Crippen molar-refractivity contribution in [1.29, 1.82) is 0 Å². The van der Waals surface area contributed by atoms with Gasteiger partial charge in [0.1, 0.15) is 0 Å². The highest BCUT2D eigenvalue weighted by Crippen LogP contribution is 2.25. The van der Waals surface area contributed by atoms with Gasteiger partial charge in [-0.2, -0.15) is 0 Å². The molecule has 0 bridgehead atoms. The maximum atomic E-state index is 11.8.